The third-order valence-electron chi connectivity index (χ3n) is 3.19. The molecule has 1 atom stereocenters. The minimum Gasteiger partial charge on any atom is -0.378 e. The zero-order valence-corrected chi connectivity index (χ0v) is 12.9. The van der Waals surface area contributed by atoms with Gasteiger partial charge in [-0.3, -0.25) is 15.1 Å². The Morgan fingerprint density at radius 3 is 2.79 bits per heavy atom. The summed E-state index contributed by atoms with van der Waals surface area (Å²) in [6.07, 6.45) is 7.44. The van der Waals surface area contributed by atoms with Crippen molar-refractivity contribution in [3.8, 4) is 0 Å². The molecule has 0 bridgehead atoms. The number of rotatable bonds is 8. The second kappa shape index (κ2) is 8.09. The van der Waals surface area contributed by atoms with Crippen LogP contribution in [0.25, 0.3) is 0 Å². The predicted octanol–water partition coefficient (Wildman–Crippen LogP) is 4.38. The summed E-state index contributed by atoms with van der Waals surface area (Å²) in [7, 11) is 0. The SMILES string of the molecule is CCCCC(CC)CNc1c(Br)cncc1[N+](=O)[O-]. The van der Waals surface area contributed by atoms with E-state index < -0.39 is 4.92 Å². The Kier molecular flexibility index (Phi) is 6.77. The van der Waals surface area contributed by atoms with E-state index in [1.165, 1.54) is 19.0 Å². The summed E-state index contributed by atoms with van der Waals surface area (Å²) < 4.78 is 0.632. The van der Waals surface area contributed by atoms with Gasteiger partial charge in [-0.25, -0.2) is 0 Å². The first-order valence-electron chi connectivity index (χ1n) is 6.61. The van der Waals surface area contributed by atoms with Crippen LogP contribution in [0.2, 0.25) is 0 Å². The van der Waals surface area contributed by atoms with Crippen LogP contribution in [0.1, 0.15) is 39.5 Å². The van der Waals surface area contributed by atoms with Crippen LogP contribution >= 0.6 is 15.9 Å². The quantitative estimate of drug-likeness (QED) is 0.567. The van der Waals surface area contributed by atoms with Gasteiger partial charge in [0.25, 0.3) is 0 Å². The van der Waals surface area contributed by atoms with Gasteiger partial charge in [0, 0.05) is 12.7 Å². The van der Waals surface area contributed by atoms with E-state index in [9.17, 15) is 10.1 Å². The molecule has 0 aliphatic heterocycles. The molecule has 0 spiro atoms. The smallest absolute Gasteiger partial charge is 0.311 e. The van der Waals surface area contributed by atoms with Crippen LogP contribution in [0.4, 0.5) is 11.4 Å². The molecule has 0 aliphatic carbocycles. The number of aromatic nitrogens is 1. The van der Waals surface area contributed by atoms with Gasteiger partial charge in [0.05, 0.1) is 9.40 Å². The van der Waals surface area contributed by atoms with Crippen molar-refractivity contribution in [3.63, 3.8) is 0 Å². The monoisotopic (exact) mass is 329 g/mol. The highest BCUT2D eigenvalue weighted by molar-refractivity contribution is 9.10. The summed E-state index contributed by atoms with van der Waals surface area (Å²) in [5.41, 5.74) is 0.537. The lowest BCUT2D eigenvalue weighted by Crippen LogP contribution is -2.15. The van der Waals surface area contributed by atoms with Crippen molar-refractivity contribution in [1.29, 1.82) is 0 Å². The van der Waals surface area contributed by atoms with E-state index in [0.717, 1.165) is 19.4 Å². The Balaban J connectivity index is 2.73. The molecule has 0 saturated carbocycles. The van der Waals surface area contributed by atoms with Gasteiger partial charge < -0.3 is 5.32 Å². The Morgan fingerprint density at radius 1 is 1.47 bits per heavy atom. The molecule has 1 unspecified atom stereocenters. The number of halogens is 1. The number of pyridine rings is 1. The maximum Gasteiger partial charge on any atom is 0.311 e. The van der Waals surface area contributed by atoms with Gasteiger partial charge in [-0.2, -0.15) is 0 Å². The highest BCUT2D eigenvalue weighted by atomic mass is 79.9. The molecule has 0 radical (unpaired) electrons. The largest absolute Gasteiger partial charge is 0.378 e. The number of hydrogen-bond donors (Lipinski definition) is 1. The summed E-state index contributed by atoms with van der Waals surface area (Å²) in [6, 6.07) is 0. The molecular weight excluding hydrogens is 310 g/mol. The van der Waals surface area contributed by atoms with Crippen LogP contribution in [0.15, 0.2) is 16.9 Å². The zero-order valence-electron chi connectivity index (χ0n) is 11.4. The standard InChI is InChI=1S/C13H20BrN3O2/c1-3-5-6-10(4-2)7-16-13-11(14)8-15-9-12(13)17(18)19/h8-10H,3-7H2,1-2H3,(H,15,16). The highest BCUT2D eigenvalue weighted by Gasteiger charge is 2.18. The number of nitro groups is 1. The number of nitrogens with one attached hydrogen (secondary N) is 1. The molecular formula is C13H20BrN3O2. The number of anilines is 1. The van der Waals surface area contributed by atoms with Gasteiger partial charge >= 0.3 is 5.69 Å². The lowest BCUT2D eigenvalue weighted by atomic mass is 9.99. The van der Waals surface area contributed by atoms with E-state index in [2.05, 4.69) is 40.1 Å². The van der Waals surface area contributed by atoms with Crippen LogP contribution in [0.3, 0.4) is 0 Å². The van der Waals surface area contributed by atoms with Crippen LogP contribution in [-0.4, -0.2) is 16.5 Å². The first-order valence-corrected chi connectivity index (χ1v) is 7.41. The molecule has 1 heterocycles. The van der Waals surface area contributed by atoms with Crippen molar-refractivity contribution in [1.82, 2.24) is 4.98 Å². The van der Waals surface area contributed by atoms with Crippen molar-refractivity contribution >= 4 is 27.3 Å². The fraction of sp³-hybridized carbons (Fsp3) is 0.615. The van der Waals surface area contributed by atoms with E-state index in [1.807, 2.05) is 0 Å². The summed E-state index contributed by atoms with van der Waals surface area (Å²) in [4.78, 5) is 14.4. The average Bonchev–Trinajstić information content (AvgIpc) is 2.40. The molecule has 5 nitrogen and oxygen atoms in total. The average molecular weight is 330 g/mol. The van der Waals surface area contributed by atoms with Gasteiger partial charge in [-0.15, -0.1) is 0 Å². The Morgan fingerprint density at radius 2 is 2.21 bits per heavy atom. The number of hydrogen-bond acceptors (Lipinski definition) is 4. The molecule has 0 fully saturated rings. The van der Waals surface area contributed by atoms with Gasteiger partial charge in [-0.05, 0) is 28.3 Å². The first-order chi connectivity index (χ1) is 9.10. The lowest BCUT2D eigenvalue weighted by molar-refractivity contribution is -0.384. The first kappa shape index (κ1) is 15.9. The topological polar surface area (TPSA) is 68.1 Å². The summed E-state index contributed by atoms with van der Waals surface area (Å²) in [5.74, 6) is 0.541. The van der Waals surface area contributed by atoms with Crippen molar-refractivity contribution in [2.24, 2.45) is 5.92 Å². The molecule has 1 aromatic rings. The second-order valence-corrected chi connectivity index (χ2v) is 5.42. The normalized spacial score (nSPS) is 12.2. The van der Waals surface area contributed by atoms with Crippen LogP contribution in [0.5, 0.6) is 0 Å². The molecule has 1 rings (SSSR count). The van der Waals surface area contributed by atoms with Crippen molar-refractivity contribution in [2.45, 2.75) is 39.5 Å². The molecule has 0 aliphatic rings. The van der Waals surface area contributed by atoms with Crippen molar-refractivity contribution in [3.05, 3.63) is 27.0 Å². The van der Waals surface area contributed by atoms with Crippen molar-refractivity contribution in [2.75, 3.05) is 11.9 Å². The maximum absolute atomic E-state index is 11.0. The third-order valence-corrected chi connectivity index (χ3v) is 3.79. The Hall–Kier alpha value is -1.17. The predicted molar refractivity (Wildman–Crippen MR) is 80.4 cm³/mol. The summed E-state index contributed by atoms with van der Waals surface area (Å²) in [5, 5.41) is 14.2. The highest BCUT2D eigenvalue weighted by Crippen LogP contribution is 2.31. The molecule has 0 amide bonds. The Labute approximate surface area is 122 Å². The fourth-order valence-corrected chi connectivity index (χ4v) is 2.39. The minimum atomic E-state index is -0.410. The molecule has 6 heteroatoms. The van der Waals surface area contributed by atoms with E-state index in [1.54, 1.807) is 6.20 Å². The van der Waals surface area contributed by atoms with Crippen LogP contribution < -0.4 is 5.32 Å². The van der Waals surface area contributed by atoms with E-state index in [4.69, 9.17) is 0 Å². The molecule has 106 valence electrons. The van der Waals surface area contributed by atoms with E-state index in [-0.39, 0.29) is 5.69 Å². The minimum absolute atomic E-state index is 0.0136. The maximum atomic E-state index is 11.0. The number of unbranched alkanes of at least 4 members (excludes halogenated alkanes) is 1. The van der Waals surface area contributed by atoms with Crippen molar-refractivity contribution < 1.29 is 4.92 Å². The molecule has 1 aromatic heterocycles. The zero-order chi connectivity index (χ0) is 14.3. The molecule has 1 N–H and O–H groups in total. The lowest BCUT2D eigenvalue weighted by Gasteiger charge is -2.16. The van der Waals surface area contributed by atoms with E-state index >= 15 is 0 Å². The van der Waals surface area contributed by atoms with Gasteiger partial charge in [0.1, 0.15) is 11.9 Å². The van der Waals surface area contributed by atoms with Gasteiger partial charge in [0.15, 0.2) is 0 Å². The molecule has 0 aromatic carbocycles. The third kappa shape index (κ3) is 4.78. The molecule has 19 heavy (non-hydrogen) atoms. The van der Waals surface area contributed by atoms with Gasteiger partial charge in [0.2, 0.25) is 0 Å². The Bertz CT molecular complexity index is 426. The van der Waals surface area contributed by atoms with E-state index in [0.29, 0.717) is 16.1 Å². The summed E-state index contributed by atoms with van der Waals surface area (Å²) >= 11 is 3.31. The van der Waals surface area contributed by atoms with Gasteiger partial charge in [-0.1, -0.05) is 33.1 Å². The van der Waals surface area contributed by atoms with Crippen LogP contribution in [-0.2, 0) is 0 Å². The fourth-order valence-electron chi connectivity index (χ4n) is 1.93. The second-order valence-electron chi connectivity index (χ2n) is 4.57. The van der Waals surface area contributed by atoms with Crippen LogP contribution in [0, 0.1) is 16.0 Å². The molecule has 0 saturated heterocycles. The number of nitrogens with zero attached hydrogens (tertiary/aromatic N) is 2. The summed E-state index contributed by atoms with van der Waals surface area (Å²) in [6.45, 7) is 5.07.